The van der Waals surface area contributed by atoms with Crippen LogP contribution >= 0.6 is 0 Å². The molecule has 1 aromatic rings. The van der Waals surface area contributed by atoms with E-state index in [9.17, 15) is 4.79 Å². The van der Waals surface area contributed by atoms with E-state index in [4.69, 9.17) is 0 Å². The largest absolute Gasteiger partial charge is 0.352 e. The zero-order valence-corrected chi connectivity index (χ0v) is 18.2. The minimum absolute atomic E-state index is 0.100. The Morgan fingerprint density at radius 2 is 1.97 bits per heavy atom. The maximum Gasteiger partial charge on any atom is 0.239 e. The van der Waals surface area contributed by atoms with Gasteiger partial charge in [0.15, 0.2) is 0 Å². The number of nitrogens with zero attached hydrogens (tertiary/aromatic N) is 2. The minimum Gasteiger partial charge on any atom is -0.352 e. The van der Waals surface area contributed by atoms with Gasteiger partial charge >= 0.3 is 0 Å². The summed E-state index contributed by atoms with van der Waals surface area (Å²) in [6.45, 7) is 9.92. The molecule has 3 N–H and O–H groups in total. The van der Waals surface area contributed by atoms with Crippen LogP contribution in [0.25, 0.3) is 0 Å². The van der Waals surface area contributed by atoms with Crippen LogP contribution in [0.5, 0.6) is 0 Å². The number of rotatable bonds is 4. The van der Waals surface area contributed by atoms with Gasteiger partial charge in [0.05, 0.1) is 5.69 Å². The highest BCUT2D eigenvalue weighted by Gasteiger charge is 2.45. The Balaban J connectivity index is 1.26. The van der Waals surface area contributed by atoms with Gasteiger partial charge in [0.25, 0.3) is 0 Å². The molecule has 29 heavy (non-hydrogen) atoms. The molecule has 4 rings (SSSR count). The van der Waals surface area contributed by atoms with Crippen LogP contribution in [-0.2, 0) is 11.3 Å². The van der Waals surface area contributed by atoms with E-state index in [-0.39, 0.29) is 18.0 Å². The molecule has 0 radical (unpaired) electrons. The lowest BCUT2D eigenvalue weighted by atomic mass is 9.66. The van der Waals surface area contributed by atoms with Crippen molar-refractivity contribution in [2.24, 2.45) is 17.3 Å². The van der Waals surface area contributed by atoms with E-state index in [0.29, 0.717) is 23.3 Å². The predicted molar refractivity (Wildman–Crippen MR) is 115 cm³/mol. The molecule has 0 bridgehead atoms. The van der Waals surface area contributed by atoms with E-state index >= 15 is 0 Å². The topological polar surface area (TPSA) is 69.3 Å². The lowest BCUT2D eigenvalue weighted by Crippen LogP contribution is -2.52. The normalized spacial score (nSPS) is 31.4. The highest BCUT2D eigenvalue weighted by molar-refractivity contribution is 5.82. The van der Waals surface area contributed by atoms with Gasteiger partial charge < -0.3 is 5.32 Å². The van der Waals surface area contributed by atoms with Crippen molar-refractivity contribution in [3.63, 3.8) is 0 Å². The van der Waals surface area contributed by atoms with Gasteiger partial charge in [-0.15, -0.1) is 0 Å². The van der Waals surface area contributed by atoms with Crippen LogP contribution in [-0.4, -0.2) is 47.0 Å². The number of carbonyl (C=O) groups is 1. The Morgan fingerprint density at radius 1 is 1.17 bits per heavy atom. The number of carbonyl (C=O) groups excluding carboxylic acids is 1. The first-order valence-corrected chi connectivity index (χ1v) is 11.3. The summed E-state index contributed by atoms with van der Waals surface area (Å²) in [7, 11) is 0. The minimum atomic E-state index is -0.100. The van der Waals surface area contributed by atoms with Crippen LogP contribution < -0.4 is 16.2 Å². The number of nitrogens with one attached hydrogen (secondary N) is 3. The highest BCUT2D eigenvalue weighted by Crippen LogP contribution is 2.42. The second-order valence-corrected chi connectivity index (χ2v) is 10.3. The number of fused-ring (bicyclic) bond motifs is 1. The van der Waals surface area contributed by atoms with Gasteiger partial charge in [0.2, 0.25) is 5.91 Å². The molecule has 6 nitrogen and oxygen atoms in total. The molecule has 4 atom stereocenters. The van der Waals surface area contributed by atoms with Gasteiger partial charge in [-0.3, -0.25) is 20.1 Å². The van der Waals surface area contributed by atoms with E-state index in [0.717, 1.165) is 51.0 Å². The summed E-state index contributed by atoms with van der Waals surface area (Å²) in [6.07, 6.45) is 7.43. The quantitative estimate of drug-likeness (QED) is 0.726. The molecule has 3 fully saturated rings. The molecule has 0 aromatic carbocycles. The lowest BCUT2D eigenvalue weighted by Gasteiger charge is -2.40. The lowest BCUT2D eigenvalue weighted by molar-refractivity contribution is -0.125. The molecule has 160 valence electrons. The molecule has 1 aromatic heterocycles. The summed E-state index contributed by atoms with van der Waals surface area (Å²) >= 11 is 0. The van der Waals surface area contributed by atoms with Crippen molar-refractivity contribution >= 4 is 5.91 Å². The van der Waals surface area contributed by atoms with Crippen LogP contribution in [0.1, 0.15) is 58.6 Å². The van der Waals surface area contributed by atoms with Gasteiger partial charge in [-0.1, -0.05) is 26.8 Å². The first-order chi connectivity index (χ1) is 13.9. The second kappa shape index (κ2) is 8.70. The molecule has 6 heteroatoms. The maximum atomic E-state index is 13.1. The van der Waals surface area contributed by atoms with Crippen molar-refractivity contribution in [2.75, 3.05) is 13.1 Å². The number of piperidine rings is 1. The van der Waals surface area contributed by atoms with Crippen LogP contribution in [0.4, 0.5) is 0 Å². The summed E-state index contributed by atoms with van der Waals surface area (Å²) in [5.41, 5.74) is 8.16. The molecule has 1 saturated carbocycles. The van der Waals surface area contributed by atoms with Gasteiger partial charge in [0.1, 0.15) is 6.04 Å². The summed E-state index contributed by atoms with van der Waals surface area (Å²) in [5.74, 6) is 1.27. The molecular weight excluding hydrogens is 362 g/mol. The van der Waals surface area contributed by atoms with Crippen LogP contribution in [0.3, 0.4) is 0 Å². The first-order valence-electron chi connectivity index (χ1n) is 11.3. The standard InChI is InChI=1S/C23H37N5O/c1-23(2,3)16-7-8-20-19(14-16)21(27-26-20)22(29)25-17-9-12-28(13-10-17)15-18-6-4-5-11-24-18/h4-6,11,16-17,19-21,26-27H,7-10,12-15H2,1-3H3,(H,25,29). The third-order valence-electron chi connectivity index (χ3n) is 7.30. The number of hydrogen-bond acceptors (Lipinski definition) is 5. The number of amides is 1. The van der Waals surface area contributed by atoms with Crippen molar-refractivity contribution in [1.29, 1.82) is 0 Å². The Morgan fingerprint density at radius 3 is 2.66 bits per heavy atom. The zero-order chi connectivity index (χ0) is 20.4. The van der Waals surface area contributed by atoms with Crippen molar-refractivity contribution < 1.29 is 4.79 Å². The number of likely N-dealkylation sites (tertiary alicyclic amines) is 1. The second-order valence-electron chi connectivity index (χ2n) is 10.3. The van der Waals surface area contributed by atoms with E-state index in [1.807, 2.05) is 18.3 Å². The molecular formula is C23H37N5O. The third kappa shape index (κ3) is 4.98. The van der Waals surface area contributed by atoms with Crippen LogP contribution in [0.2, 0.25) is 0 Å². The number of pyridine rings is 1. The van der Waals surface area contributed by atoms with Gasteiger partial charge in [-0.05, 0) is 55.6 Å². The molecule has 3 heterocycles. The fourth-order valence-electron chi connectivity index (χ4n) is 5.35. The Hall–Kier alpha value is -1.50. The number of hydrogen-bond donors (Lipinski definition) is 3. The van der Waals surface area contributed by atoms with Crippen molar-refractivity contribution in [3.05, 3.63) is 30.1 Å². The SMILES string of the molecule is CC(C)(C)C1CCC2NNC(C(=O)NC3CCN(Cc4ccccn4)CC3)C2C1. The van der Waals surface area contributed by atoms with E-state index in [1.54, 1.807) is 0 Å². The molecule has 0 spiro atoms. The molecule has 2 saturated heterocycles. The smallest absolute Gasteiger partial charge is 0.239 e. The number of hydrazine groups is 1. The first kappa shape index (κ1) is 20.8. The average Bonchev–Trinajstić information content (AvgIpc) is 3.13. The summed E-state index contributed by atoms with van der Waals surface area (Å²) in [4.78, 5) is 19.9. The van der Waals surface area contributed by atoms with Gasteiger partial charge in [0, 0.05) is 43.8 Å². The van der Waals surface area contributed by atoms with Gasteiger partial charge in [-0.2, -0.15) is 0 Å². The maximum absolute atomic E-state index is 13.1. The highest BCUT2D eigenvalue weighted by atomic mass is 16.2. The Kier molecular flexibility index (Phi) is 6.23. The molecule has 1 amide bonds. The van der Waals surface area contributed by atoms with E-state index < -0.39 is 0 Å². The molecule has 3 aliphatic rings. The fourth-order valence-corrected chi connectivity index (χ4v) is 5.35. The van der Waals surface area contributed by atoms with Crippen LogP contribution in [0, 0.1) is 17.3 Å². The summed E-state index contributed by atoms with van der Waals surface area (Å²) < 4.78 is 0. The van der Waals surface area contributed by atoms with E-state index in [2.05, 4.69) is 52.9 Å². The molecule has 2 aliphatic heterocycles. The average molecular weight is 400 g/mol. The zero-order valence-electron chi connectivity index (χ0n) is 18.2. The predicted octanol–water partition coefficient (Wildman–Crippen LogP) is 2.47. The van der Waals surface area contributed by atoms with Crippen LogP contribution in [0.15, 0.2) is 24.4 Å². The molecule has 1 aliphatic carbocycles. The molecule has 4 unspecified atom stereocenters. The fraction of sp³-hybridized carbons (Fsp3) is 0.739. The van der Waals surface area contributed by atoms with E-state index in [1.165, 1.54) is 6.42 Å². The number of aromatic nitrogens is 1. The van der Waals surface area contributed by atoms with Crippen molar-refractivity contribution in [3.8, 4) is 0 Å². The van der Waals surface area contributed by atoms with Crippen molar-refractivity contribution in [2.45, 2.75) is 77.5 Å². The monoisotopic (exact) mass is 399 g/mol. The summed E-state index contributed by atoms with van der Waals surface area (Å²) in [5, 5.41) is 3.35. The Bertz CT molecular complexity index is 680. The van der Waals surface area contributed by atoms with Gasteiger partial charge in [-0.25, -0.2) is 5.43 Å². The third-order valence-corrected chi connectivity index (χ3v) is 7.30. The summed E-state index contributed by atoms with van der Waals surface area (Å²) in [6, 6.07) is 6.70. The Labute approximate surface area is 175 Å². The van der Waals surface area contributed by atoms with Crippen molar-refractivity contribution in [1.82, 2.24) is 26.1 Å².